The lowest BCUT2D eigenvalue weighted by molar-refractivity contribution is -0.115. The Hall–Kier alpha value is -2.67. The molecule has 0 unspecified atom stereocenters. The van der Waals surface area contributed by atoms with E-state index in [0.717, 1.165) is 6.42 Å². The average Bonchev–Trinajstić information content (AvgIpc) is 2.66. The molecule has 0 aromatic heterocycles. The topological polar surface area (TPSA) is 92.3 Å². The first-order valence-corrected chi connectivity index (χ1v) is 10.0. The number of carbonyl (C=O) groups excluding carboxylic acids is 2. The minimum atomic E-state index is -3.53. The van der Waals surface area contributed by atoms with Crippen molar-refractivity contribution >= 4 is 27.3 Å². The molecule has 26 heavy (non-hydrogen) atoms. The summed E-state index contributed by atoms with van der Waals surface area (Å²) in [7, 11) is -3.53. The molecule has 7 heteroatoms. The van der Waals surface area contributed by atoms with E-state index in [2.05, 4.69) is 10.6 Å². The molecule has 6 nitrogen and oxygen atoms in total. The van der Waals surface area contributed by atoms with Crippen LogP contribution in [0.25, 0.3) is 0 Å². The Morgan fingerprint density at radius 3 is 2.31 bits per heavy atom. The van der Waals surface area contributed by atoms with Gasteiger partial charge in [0, 0.05) is 13.0 Å². The quantitative estimate of drug-likeness (QED) is 0.743. The summed E-state index contributed by atoms with van der Waals surface area (Å²) >= 11 is 0. The lowest BCUT2D eigenvalue weighted by Gasteiger charge is -2.11. The molecule has 0 radical (unpaired) electrons. The second-order valence-electron chi connectivity index (χ2n) is 5.73. The van der Waals surface area contributed by atoms with Crippen LogP contribution in [0.4, 0.5) is 5.69 Å². The van der Waals surface area contributed by atoms with Crippen LogP contribution < -0.4 is 10.6 Å². The van der Waals surface area contributed by atoms with E-state index in [1.54, 1.807) is 42.5 Å². The van der Waals surface area contributed by atoms with Gasteiger partial charge in [0.25, 0.3) is 5.91 Å². The van der Waals surface area contributed by atoms with Crippen LogP contribution in [-0.2, 0) is 14.6 Å². The summed E-state index contributed by atoms with van der Waals surface area (Å²) in [5, 5.41) is 5.38. The van der Waals surface area contributed by atoms with Crippen LogP contribution in [0.1, 0.15) is 30.1 Å². The first-order valence-electron chi connectivity index (χ1n) is 8.39. The number of sulfone groups is 1. The molecule has 0 aliphatic rings. The molecule has 0 atom stereocenters. The van der Waals surface area contributed by atoms with Gasteiger partial charge in [-0.1, -0.05) is 37.3 Å². The van der Waals surface area contributed by atoms with Crippen LogP contribution in [0.5, 0.6) is 0 Å². The van der Waals surface area contributed by atoms with Crippen molar-refractivity contribution in [3.05, 3.63) is 60.2 Å². The summed E-state index contributed by atoms with van der Waals surface area (Å²) in [6.07, 6.45) is 0.611. The van der Waals surface area contributed by atoms with Crippen LogP contribution in [0.3, 0.4) is 0 Å². The molecule has 0 saturated heterocycles. The first-order chi connectivity index (χ1) is 12.4. The highest BCUT2D eigenvalue weighted by molar-refractivity contribution is 7.91. The third-order valence-corrected chi connectivity index (χ3v) is 5.41. The van der Waals surface area contributed by atoms with Crippen LogP contribution in [-0.4, -0.2) is 32.5 Å². The SMILES string of the molecule is CCCNC(=O)c1ccccc1NC(=O)CCS(=O)(=O)c1ccccc1. The predicted octanol–water partition coefficient (Wildman–Crippen LogP) is 2.63. The fraction of sp³-hybridized carbons (Fsp3) is 0.263. The molecule has 2 amide bonds. The molecule has 0 saturated carbocycles. The van der Waals surface area contributed by atoms with Crippen molar-refractivity contribution in [3.63, 3.8) is 0 Å². The van der Waals surface area contributed by atoms with Crippen molar-refractivity contribution in [2.24, 2.45) is 0 Å². The van der Waals surface area contributed by atoms with Crippen LogP contribution in [0.15, 0.2) is 59.5 Å². The molecule has 2 N–H and O–H groups in total. The second kappa shape index (κ2) is 9.15. The third kappa shape index (κ3) is 5.42. The van der Waals surface area contributed by atoms with Gasteiger partial charge in [0.15, 0.2) is 9.84 Å². The van der Waals surface area contributed by atoms with Crippen molar-refractivity contribution < 1.29 is 18.0 Å². The molecule has 0 aliphatic carbocycles. The number of nitrogens with one attached hydrogen (secondary N) is 2. The van der Waals surface area contributed by atoms with Gasteiger partial charge in [0.1, 0.15) is 0 Å². The summed E-state index contributed by atoms with van der Waals surface area (Å²) in [5.41, 5.74) is 0.712. The maximum atomic E-state index is 12.2. The Morgan fingerprint density at radius 2 is 1.62 bits per heavy atom. The van der Waals surface area contributed by atoms with Crippen molar-refractivity contribution in [2.75, 3.05) is 17.6 Å². The summed E-state index contributed by atoms with van der Waals surface area (Å²) in [6.45, 7) is 2.48. The number of benzene rings is 2. The third-order valence-electron chi connectivity index (χ3n) is 3.68. The fourth-order valence-corrected chi connectivity index (χ4v) is 3.57. The van der Waals surface area contributed by atoms with Gasteiger partial charge in [-0.3, -0.25) is 9.59 Å². The highest BCUT2D eigenvalue weighted by atomic mass is 32.2. The molecule has 138 valence electrons. The van der Waals surface area contributed by atoms with Gasteiger partial charge in [0.2, 0.25) is 5.91 Å². The summed E-state index contributed by atoms with van der Waals surface area (Å²) in [4.78, 5) is 24.5. The van der Waals surface area contributed by atoms with E-state index in [0.29, 0.717) is 17.8 Å². The van der Waals surface area contributed by atoms with Gasteiger partial charge in [-0.15, -0.1) is 0 Å². The van der Waals surface area contributed by atoms with E-state index in [1.165, 1.54) is 12.1 Å². The van der Waals surface area contributed by atoms with E-state index >= 15 is 0 Å². The second-order valence-corrected chi connectivity index (χ2v) is 7.84. The lowest BCUT2D eigenvalue weighted by Crippen LogP contribution is -2.26. The Balaban J connectivity index is 2.01. The van der Waals surface area contributed by atoms with Gasteiger partial charge in [-0.2, -0.15) is 0 Å². The van der Waals surface area contributed by atoms with Gasteiger partial charge in [-0.25, -0.2) is 8.42 Å². The van der Waals surface area contributed by atoms with Gasteiger partial charge in [0.05, 0.1) is 21.9 Å². The van der Waals surface area contributed by atoms with Crippen LogP contribution in [0, 0.1) is 0 Å². The van der Waals surface area contributed by atoms with Gasteiger partial charge >= 0.3 is 0 Å². The standard InChI is InChI=1S/C19H22N2O4S/c1-2-13-20-19(23)16-10-6-7-11-17(16)21-18(22)12-14-26(24,25)15-8-4-3-5-9-15/h3-11H,2,12-14H2,1H3,(H,20,23)(H,21,22). The zero-order valence-electron chi connectivity index (χ0n) is 14.6. The molecule has 0 spiro atoms. The van der Waals surface area contributed by atoms with Gasteiger partial charge < -0.3 is 10.6 Å². The zero-order chi connectivity index (χ0) is 19.0. The molecule has 0 bridgehead atoms. The minimum absolute atomic E-state index is 0.187. The molecule has 2 rings (SSSR count). The highest BCUT2D eigenvalue weighted by Gasteiger charge is 2.17. The summed E-state index contributed by atoms with van der Waals surface area (Å²) < 4.78 is 24.5. The highest BCUT2D eigenvalue weighted by Crippen LogP contribution is 2.16. The van der Waals surface area contributed by atoms with Crippen molar-refractivity contribution in [3.8, 4) is 0 Å². The van der Waals surface area contributed by atoms with E-state index in [4.69, 9.17) is 0 Å². The van der Waals surface area contributed by atoms with Crippen molar-refractivity contribution in [1.29, 1.82) is 0 Å². The van der Waals surface area contributed by atoms with Crippen molar-refractivity contribution in [1.82, 2.24) is 5.32 Å². The van der Waals surface area contributed by atoms with Crippen LogP contribution in [0.2, 0.25) is 0 Å². The Labute approximate surface area is 153 Å². The molecular weight excluding hydrogens is 352 g/mol. The molecular formula is C19H22N2O4S. The monoisotopic (exact) mass is 374 g/mol. The molecule has 0 fully saturated rings. The zero-order valence-corrected chi connectivity index (χ0v) is 15.4. The normalized spacial score (nSPS) is 11.0. The van der Waals surface area contributed by atoms with Gasteiger partial charge in [-0.05, 0) is 30.7 Å². The van der Waals surface area contributed by atoms with E-state index < -0.39 is 15.7 Å². The Kier molecular flexibility index (Phi) is 6.91. The number of anilines is 1. The summed E-state index contributed by atoms with van der Waals surface area (Å²) in [5.74, 6) is -1.03. The van der Waals surface area contributed by atoms with E-state index in [1.807, 2.05) is 6.92 Å². The van der Waals surface area contributed by atoms with Crippen LogP contribution >= 0.6 is 0 Å². The molecule has 0 aliphatic heterocycles. The maximum Gasteiger partial charge on any atom is 0.253 e. The largest absolute Gasteiger partial charge is 0.352 e. The Morgan fingerprint density at radius 1 is 0.962 bits per heavy atom. The Bertz CT molecular complexity index is 864. The van der Waals surface area contributed by atoms with Crippen molar-refractivity contribution in [2.45, 2.75) is 24.7 Å². The van der Waals surface area contributed by atoms with E-state index in [9.17, 15) is 18.0 Å². The lowest BCUT2D eigenvalue weighted by atomic mass is 10.1. The fourth-order valence-electron chi connectivity index (χ4n) is 2.31. The summed E-state index contributed by atoms with van der Waals surface area (Å²) in [6, 6.07) is 14.6. The number of hydrogen-bond donors (Lipinski definition) is 2. The molecule has 2 aromatic rings. The smallest absolute Gasteiger partial charge is 0.253 e. The number of amides is 2. The minimum Gasteiger partial charge on any atom is -0.352 e. The average molecular weight is 374 g/mol. The number of carbonyl (C=O) groups is 2. The van der Waals surface area contributed by atoms with E-state index in [-0.39, 0.29) is 23.0 Å². The maximum absolute atomic E-state index is 12.2. The number of rotatable bonds is 8. The first kappa shape index (κ1) is 19.7. The molecule has 2 aromatic carbocycles. The molecule has 0 heterocycles. The number of para-hydroxylation sites is 1. The number of hydrogen-bond acceptors (Lipinski definition) is 4. The predicted molar refractivity (Wildman–Crippen MR) is 101 cm³/mol.